The Bertz CT molecular complexity index is 1270. The lowest BCUT2D eigenvalue weighted by molar-refractivity contribution is 0.0841. The summed E-state index contributed by atoms with van der Waals surface area (Å²) in [7, 11) is 0. The van der Waals surface area contributed by atoms with Crippen molar-refractivity contribution in [2.24, 2.45) is 5.16 Å². The maximum Gasteiger partial charge on any atom is 0.414 e. The first-order valence-electron chi connectivity index (χ1n) is 10.7. The molecule has 1 saturated heterocycles. The highest BCUT2D eigenvalue weighted by atomic mass is 19.1. The second-order valence-corrected chi connectivity index (χ2v) is 7.99. The van der Waals surface area contributed by atoms with Crippen molar-refractivity contribution in [2.45, 2.75) is 25.2 Å². The van der Waals surface area contributed by atoms with Crippen LogP contribution < -0.4 is 10.2 Å². The number of pyridine rings is 1. The van der Waals surface area contributed by atoms with Gasteiger partial charge in [0.15, 0.2) is 6.10 Å². The van der Waals surface area contributed by atoms with Crippen molar-refractivity contribution < 1.29 is 28.7 Å². The Morgan fingerprint density at radius 2 is 2.14 bits per heavy atom. The van der Waals surface area contributed by atoms with Crippen LogP contribution in [0.25, 0.3) is 11.1 Å². The molecule has 2 atom stereocenters. The van der Waals surface area contributed by atoms with Crippen LogP contribution in [0.15, 0.2) is 54.1 Å². The number of halogens is 1. The molecule has 2 aliphatic heterocycles. The highest BCUT2D eigenvalue weighted by molar-refractivity contribution is 5.99. The number of oxime groups is 1. The van der Waals surface area contributed by atoms with Gasteiger partial charge in [0, 0.05) is 29.9 Å². The van der Waals surface area contributed by atoms with E-state index in [-0.39, 0.29) is 13.1 Å². The van der Waals surface area contributed by atoms with E-state index in [2.05, 4.69) is 25.8 Å². The van der Waals surface area contributed by atoms with Gasteiger partial charge >= 0.3 is 12.2 Å². The number of nitrogens with one attached hydrogen (secondary N) is 1. The normalized spacial score (nSPS) is 19.3. The van der Waals surface area contributed by atoms with E-state index in [0.717, 1.165) is 0 Å². The molecule has 3 aromatic rings. The van der Waals surface area contributed by atoms with Crippen molar-refractivity contribution in [1.29, 1.82) is 0 Å². The molecule has 13 heteroatoms. The molecule has 0 aliphatic carbocycles. The molecule has 5 rings (SSSR count). The van der Waals surface area contributed by atoms with E-state index in [1.165, 1.54) is 23.4 Å². The number of rotatable bonds is 7. The zero-order chi connectivity index (χ0) is 24.4. The standard InChI is InChI=1S/C22H20FN7O5/c23-18-7-14(30-12-16(34-22(30)33)11-29-6-5-26-28-29)2-3-17(18)13-1-4-19(24-9-13)20-8-15(35-27-20)10-25-21(31)32/h1-7,9,15-16,25H,8,10-12H2,(H,31,32)/t15-,16-/m0/s1. The number of hydrogen-bond donors (Lipinski definition) is 2. The molecule has 2 aliphatic rings. The molecule has 0 saturated carbocycles. The van der Waals surface area contributed by atoms with Gasteiger partial charge in [-0.05, 0) is 24.3 Å². The average molecular weight is 481 g/mol. The first-order valence-corrected chi connectivity index (χ1v) is 10.7. The maximum absolute atomic E-state index is 15.0. The molecule has 0 radical (unpaired) electrons. The number of anilines is 1. The van der Waals surface area contributed by atoms with E-state index in [1.54, 1.807) is 35.1 Å². The molecule has 0 unspecified atom stereocenters. The van der Waals surface area contributed by atoms with Crippen molar-refractivity contribution in [1.82, 2.24) is 25.3 Å². The molecule has 2 aromatic heterocycles. The summed E-state index contributed by atoms with van der Waals surface area (Å²) < 4.78 is 21.9. The number of cyclic esters (lactones) is 1. The SMILES string of the molecule is O=C(O)NC[C@@H]1CC(c2ccc(-c3ccc(N4C[C@H](Cn5ccnn5)OC4=O)cc3F)cn2)=NO1. The molecular formula is C22H20FN7O5. The number of carbonyl (C=O) groups excluding carboxylic acids is 1. The number of carbonyl (C=O) groups is 2. The Labute approximate surface area is 198 Å². The van der Waals surface area contributed by atoms with Gasteiger partial charge < -0.3 is 20.0 Å². The van der Waals surface area contributed by atoms with Gasteiger partial charge in [0.05, 0.1) is 37.2 Å². The van der Waals surface area contributed by atoms with E-state index >= 15 is 0 Å². The fraction of sp³-hybridized carbons (Fsp3) is 0.273. The first-order chi connectivity index (χ1) is 17.0. The molecule has 4 heterocycles. The van der Waals surface area contributed by atoms with Crippen LogP contribution in [0.3, 0.4) is 0 Å². The van der Waals surface area contributed by atoms with Gasteiger partial charge in [0.2, 0.25) is 0 Å². The average Bonchev–Trinajstić information content (AvgIpc) is 3.60. The van der Waals surface area contributed by atoms with E-state index in [0.29, 0.717) is 41.2 Å². The third-order valence-corrected chi connectivity index (χ3v) is 5.59. The van der Waals surface area contributed by atoms with Crippen LogP contribution in [0, 0.1) is 5.82 Å². The summed E-state index contributed by atoms with van der Waals surface area (Å²) in [5.41, 5.74) is 2.40. The predicted octanol–water partition coefficient (Wildman–Crippen LogP) is 2.27. The van der Waals surface area contributed by atoms with Crippen molar-refractivity contribution in [2.75, 3.05) is 18.0 Å². The number of nitrogens with zero attached hydrogens (tertiary/aromatic N) is 6. The Morgan fingerprint density at radius 1 is 1.26 bits per heavy atom. The quantitative estimate of drug-likeness (QED) is 0.523. The van der Waals surface area contributed by atoms with Crippen LogP contribution in [0.2, 0.25) is 0 Å². The fourth-order valence-electron chi connectivity index (χ4n) is 3.89. The minimum absolute atomic E-state index is 0.115. The van der Waals surface area contributed by atoms with Crippen molar-refractivity contribution in [3.63, 3.8) is 0 Å². The molecule has 0 spiro atoms. The number of hydrogen-bond acceptors (Lipinski definition) is 8. The highest BCUT2D eigenvalue weighted by Crippen LogP contribution is 2.29. The molecule has 1 fully saturated rings. The van der Waals surface area contributed by atoms with Gasteiger partial charge in [-0.3, -0.25) is 9.88 Å². The van der Waals surface area contributed by atoms with E-state index in [1.807, 2.05) is 0 Å². The molecular weight excluding hydrogens is 461 g/mol. The molecule has 1 aromatic carbocycles. The summed E-state index contributed by atoms with van der Waals surface area (Å²) in [6, 6.07) is 7.94. The van der Waals surface area contributed by atoms with Crippen LogP contribution >= 0.6 is 0 Å². The lowest BCUT2D eigenvalue weighted by Gasteiger charge is -2.14. The van der Waals surface area contributed by atoms with Gasteiger partial charge in [-0.1, -0.05) is 16.4 Å². The van der Waals surface area contributed by atoms with Crippen molar-refractivity contribution >= 4 is 23.6 Å². The third kappa shape index (κ3) is 4.88. The Morgan fingerprint density at radius 3 is 2.86 bits per heavy atom. The van der Waals surface area contributed by atoms with Crippen LogP contribution in [0.5, 0.6) is 0 Å². The smallest absolute Gasteiger partial charge is 0.414 e. The Hall–Kier alpha value is -4.55. The molecule has 2 N–H and O–H groups in total. The molecule has 180 valence electrons. The Balaban J connectivity index is 1.24. The minimum Gasteiger partial charge on any atom is -0.465 e. The predicted molar refractivity (Wildman–Crippen MR) is 119 cm³/mol. The molecule has 12 nitrogen and oxygen atoms in total. The zero-order valence-corrected chi connectivity index (χ0v) is 18.2. The van der Waals surface area contributed by atoms with Crippen LogP contribution in [-0.2, 0) is 16.1 Å². The first kappa shape index (κ1) is 22.3. The van der Waals surface area contributed by atoms with E-state index < -0.39 is 30.2 Å². The summed E-state index contributed by atoms with van der Waals surface area (Å²) in [6.07, 6.45) is 2.62. The molecule has 35 heavy (non-hydrogen) atoms. The second-order valence-electron chi connectivity index (χ2n) is 7.99. The summed E-state index contributed by atoms with van der Waals surface area (Å²) in [5, 5.41) is 22.5. The number of carboxylic acid groups (broad SMARTS) is 1. The highest BCUT2D eigenvalue weighted by Gasteiger charge is 2.33. The van der Waals surface area contributed by atoms with Gasteiger partial charge in [0.1, 0.15) is 17.6 Å². The number of ether oxygens (including phenoxy) is 1. The van der Waals surface area contributed by atoms with Crippen molar-refractivity contribution in [3.8, 4) is 11.1 Å². The summed E-state index contributed by atoms with van der Waals surface area (Å²) in [4.78, 5) is 33.9. The monoisotopic (exact) mass is 481 g/mol. The minimum atomic E-state index is -1.13. The van der Waals surface area contributed by atoms with Gasteiger partial charge in [-0.15, -0.1) is 5.10 Å². The lowest BCUT2D eigenvalue weighted by Crippen LogP contribution is -2.31. The zero-order valence-electron chi connectivity index (χ0n) is 18.2. The van der Waals surface area contributed by atoms with Crippen molar-refractivity contribution in [3.05, 3.63) is 60.4 Å². The largest absolute Gasteiger partial charge is 0.465 e. The summed E-state index contributed by atoms with van der Waals surface area (Å²) in [5.74, 6) is -0.508. The third-order valence-electron chi connectivity index (χ3n) is 5.59. The Kier molecular flexibility index (Phi) is 5.95. The number of benzene rings is 1. The fourth-order valence-corrected chi connectivity index (χ4v) is 3.89. The van der Waals surface area contributed by atoms with Crippen LogP contribution in [0.1, 0.15) is 12.1 Å². The van der Waals surface area contributed by atoms with E-state index in [4.69, 9.17) is 14.7 Å². The maximum atomic E-state index is 15.0. The number of aromatic nitrogens is 4. The summed E-state index contributed by atoms with van der Waals surface area (Å²) >= 11 is 0. The molecule has 2 amide bonds. The van der Waals surface area contributed by atoms with Gasteiger partial charge in [0.25, 0.3) is 0 Å². The van der Waals surface area contributed by atoms with Gasteiger partial charge in [-0.2, -0.15) is 0 Å². The van der Waals surface area contributed by atoms with Crippen LogP contribution in [0.4, 0.5) is 19.7 Å². The lowest BCUT2D eigenvalue weighted by atomic mass is 10.0. The summed E-state index contributed by atoms with van der Waals surface area (Å²) in [6.45, 7) is 0.735. The topological polar surface area (TPSA) is 144 Å². The molecule has 0 bridgehead atoms. The van der Waals surface area contributed by atoms with Gasteiger partial charge in [-0.25, -0.2) is 18.7 Å². The van der Waals surface area contributed by atoms with E-state index in [9.17, 15) is 14.0 Å². The van der Waals surface area contributed by atoms with Crippen LogP contribution in [-0.4, -0.2) is 68.3 Å². The second kappa shape index (κ2) is 9.37. The number of amides is 2.